The second kappa shape index (κ2) is 6.80. The first-order chi connectivity index (χ1) is 8.42. The van der Waals surface area contributed by atoms with Gasteiger partial charge >= 0.3 is 0 Å². The summed E-state index contributed by atoms with van der Waals surface area (Å²) in [5.41, 5.74) is 1.48. The molecule has 0 radical (unpaired) electrons. The fourth-order valence-corrected chi connectivity index (χ4v) is 2.46. The molecule has 1 aromatic carbocycles. The summed E-state index contributed by atoms with van der Waals surface area (Å²) in [6.45, 7) is 3.44. The van der Waals surface area contributed by atoms with E-state index in [-0.39, 0.29) is 0 Å². The van der Waals surface area contributed by atoms with Crippen LogP contribution in [-0.2, 0) is 0 Å². The minimum atomic E-state index is 0.609. The number of nitrogens with one attached hydrogen (secondary N) is 1. The predicted molar refractivity (Wildman–Crippen MR) is 74.1 cm³/mol. The summed E-state index contributed by atoms with van der Waals surface area (Å²) < 4.78 is 0. The van der Waals surface area contributed by atoms with Crippen LogP contribution in [0, 0.1) is 5.92 Å². The smallest absolute Gasteiger partial charge is 0.0348 e. The van der Waals surface area contributed by atoms with Gasteiger partial charge in [0.1, 0.15) is 0 Å². The van der Waals surface area contributed by atoms with E-state index in [4.69, 9.17) is 0 Å². The maximum absolute atomic E-state index is 3.76. The molecule has 0 bridgehead atoms. The van der Waals surface area contributed by atoms with E-state index in [1.165, 1.54) is 50.6 Å². The Labute approximate surface area is 106 Å². The molecule has 1 N–H and O–H groups in total. The fourth-order valence-electron chi connectivity index (χ4n) is 2.46. The molecule has 0 heterocycles. The Hall–Kier alpha value is -0.820. The second-order valence-electron chi connectivity index (χ2n) is 5.24. The lowest BCUT2D eigenvalue weighted by molar-refractivity contribution is 0.466. The fraction of sp³-hybridized carbons (Fsp3) is 0.625. The topological polar surface area (TPSA) is 12.0 Å². The number of hydrogen-bond donors (Lipinski definition) is 1. The molecule has 17 heavy (non-hydrogen) atoms. The molecule has 1 nitrogen and oxygen atoms in total. The van der Waals surface area contributed by atoms with E-state index in [1.807, 2.05) is 0 Å². The zero-order valence-electron chi connectivity index (χ0n) is 11.0. The van der Waals surface area contributed by atoms with Gasteiger partial charge in [-0.15, -0.1) is 0 Å². The van der Waals surface area contributed by atoms with Crippen molar-refractivity contribution in [3.8, 4) is 0 Å². The average molecular weight is 231 g/mol. The Balaban J connectivity index is 1.78. The molecule has 1 unspecified atom stereocenters. The van der Waals surface area contributed by atoms with Crippen molar-refractivity contribution in [3.63, 3.8) is 0 Å². The van der Waals surface area contributed by atoms with Gasteiger partial charge in [0.15, 0.2) is 0 Å². The van der Waals surface area contributed by atoms with Crippen LogP contribution in [0.15, 0.2) is 30.3 Å². The van der Waals surface area contributed by atoms with Crippen LogP contribution < -0.4 is 5.32 Å². The van der Waals surface area contributed by atoms with Gasteiger partial charge in [0, 0.05) is 6.04 Å². The van der Waals surface area contributed by atoms with Crippen LogP contribution in [0.4, 0.5) is 0 Å². The second-order valence-corrected chi connectivity index (χ2v) is 5.24. The SMILES string of the molecule is CCCCCCNC(c1ccccc1)C1CC1. The van der Waals surface area contributed by atoms with Crippen molar-refractivity contribution in [2.45, 2.75) is 51.5 Å². The van der Waals surface area contributed by atoms with E-state index < -0.39 is 0 Å². The Morgan fingerprint density at radius 3 is 2.53 bits per heavy atom. The molecule has 1 aliphatic carbocycles. The number of rotatable bonds is 8. The standard InChI is InChI=1S/C16H25N/c1-2-3-4-8-13-17-16(15-11-12-15)14-9-6-5-7-10-14/h5-7,9-10,15-17H,2-4,8,11-13H2,1H3. The Morgan fingerprint density at radius 1 is 1.12 bits per heavy atom. The third-order valence-electron chi connectivity index (χ3n) is 3.65. The van der Waals surface area contributed by atoms with Crippen molar-refractivity contribution >= 4 is 0 Å². The highest BCUT2D eigenvalue weighted by atomic mass is 14.9. The summed E-state index contributed by atoms with van der Waals surface area (Å²) in [4.78, 5) is 0. The molecule has 0 aromatic heterocycles. The molecule has 1 saturated carbocycles. The van der Waals surface area contributed by atoms with Gasteiger partial charge < -0.3 is 5.32 Å². The van der Waals surface area contributed by atoms with Gasteiger partial charge in [-0.1, -0.05) is 56.5 Å². The molecule has 1 heteroatoms. The van der Waals surface area contributed by atoms with Crippen molar-refractivity contribution in [1.29, 1.82) is 0 Å². The lowest BCUT2D eigenvalue weighted by Gasteiger charge is -2.18. The molecule has 0 spiro atoms. The van der Waals surface area contributed by atoms with E-state index >= 15 is 0 Å². The van der Waals surface area contributed by atoms with E-state index in [9.17, 15) is 0 Å². The van der Waals surface area contributed by atoms with Gasteiger partial charge in [-0.05, 0) is 37.3 Å². The third-order valence-corrected chi connectivity index (χ3v) is 3.65. The molecule has 0 amide bonds. The van der Waals surface area contributed by atoms with Crippen LogP contribution in [0.2, 0.25) is 0 Å². The molecular formula is C16H25N. The summed E-state index contributed by atoms with van der Waals surface area (Å²) in [6, 6.07) is 11.6. The summed E-state index contributed by atoms with van der Waals surface area (Å²) in [6.07, 6.45) is 8.20. The molecule has 0 saturated heterocycles. The predicted octanol–water partition coefficient (Wildman–Crippen LogP) is 4.31. The van der Waals surface area contributed by atoms with Crippen molar-refractivity contribution < 1.29 is 0 Å². The maximum atomic E-state index is 3.76. The van der Waals surface area contributed by atoms with E-state index in [2.05, 4.69) is 42.6 Å². The van der Waals surface area contributed by atoms with Crippen molar-refractivity contribution in [2.75, 3.05) is 6.54 Å². The summed E-state index contributed by atoms with van der Waals surface area (Å²) >= 11 is 0. The van der Waals surface area contributed by atoms with E-state index in [0.717, 1.165) is 5.92 Å². The zero-order valence-corrected chi connectivity index (χ0v) is 11.0. The van der Waals surface area contributed by atoms with E-state index in [1.54, 1.807) is 0 Å². The number of unbranched alkanes of at least 4 members (excludes halogenated alkanes) is 3. The molecule has 1 aromatic rings. The van der Waals surface area contributed by atoms with Gasteiger partial charge in [0.2, 0.25) is 0 Å². The zero-order chi connectivity index (χ0) is 11.9. The Bertz CT molecular complexity index is 303. The van der Waals surface area contributed by atoms with Crippen molar-refractivity contribution in [3.05, 3.63) is 35.9 Å². The van der Waals surface area contributed by atoms with Crippen LogP contribution in [-0.4, -0.2) is 6.54 Å². The molecule has 94 valence electrons. The summed E-state index contributed by atoms with van der Waals surface area (Å²) in [5, 5.41) is 3.76. The molecular weight excluding hydrogens is 206 g/mol. The summed E-state index contributed by atoms with van der Waals surface area (Å²) in [5.74, 6) is 0.892. The van der Waals surface area contributed by atoms with Gasteiger partial charge in [0.25, 0.3) is 0 Å². The molecule has 0 aliphatic heterocycles. The van der Waals surface area contributed by atoms with Crippen LogP contribution in [0.1, 0.15) is 57.1 Å². The highest BCUT2D eigenvalue weighted by Gasteiger charge is 2.31. The Morgan fingerprint density at radius 2 is 1.88 bits per heavy atom. The number of hydrogen-bond acceptors (Lipinski definition) is 1. The quantitative estimate of drug-likeness (QED) is 0.657. The van der Waals surface area contributed by atoms with Gasteiger partial charge in [-0.3, -0.25) is 0 Å². The molecule has 2 rings (SSSR count). The minimum Gasteiger partial charge on any atom is -0.310 e. The number of benzene rings is 1. The van der Waals surface area contributed by atoms with E-state index in [0.29, 0.717) is 6.04 Å². The largest absolute Gasteiger partial charge is 0.310 e. The van der Waals surface area contributed by atoms with Crippen molar-refractivity contribution in [1.82, 2.24) is 5.32 Å². The Kier molecular flexibility index (Phi) is 5.06. The monoisotopic (exact) mass is 231 g/mol. The van der Waals surface area contributed by atoms with Crippen LogP contribution in [0.5, 0.6) is 0 Å². The van der Waals surface area contributed by atoms with Crippen LogP contribution in [0.3, 0.4) is 0 Å². The highest BCUT2D eigenvalue weighted by Crippen LogP contribution is 2.40. The molecule has 1 aliphatic rings. The average Bonchev–Trinajstić information content (AvgIpc) is 3.19. The normalized spacial score (nSPS) is 17.0. The lowest BCUT2D eigenvalue weighted by atomic mass is 10.0. The first-order valence-electron chi connectivity index (χ1n) is 7.20. The van der Waals surface area contributed by atoms with Crippen LogP contribution in [0.25, 0.3) is 0 Å². The van der Waals surface area contributed by atoms with Gasteiger partial charge in [-0.2, -0.15) is 0 Å². The highest BCUT2D eigenvalue weighted by molar-refractivity contribution is 5.21. The van der Waals surface area contributed by atoms with Gasteiger partial charge in [0.05, 0.1) is 0 Å². The molecule has 1 atom stereocenters. The lowest BCUT2D eigenvalue weighted by Crippen LogP contribution is -2.24. The minimum absolute atomic E-state index is 0.609. The first kappa shape index (κ1) is 12.6. The molecule has 1 fully saturated rings. The van der Waals surface area contributed by atoms with Gasteiger partial charge in [-0.25, -0.2) is 0 Å². The van der Waals surface area contributed by atoms with Crippen LogP contribution >= 0.6 is 0 Å². The van der Waals surface area contributed by atoms with Crippen molar-refractivity contribution in [2.24, 2.45) is 5.92 Å². The third kappa shape index (κ3) is 4.16. The maximum Gasteiger partial charge on any atom is 0.0348 e. The summed E-state index contributed by atoms with van der Waals surface area (Å²) in [7, 11) is 0. The first-order valence-corrected chi connectivity index (χ1v) is 7.20.